The van der Waals surface area contributed by atoms with Crippen LogP contribution in [0.3, 0.4) is 0 Å². The van der Waals surface area contributed by atoms with Gasteiger partial charge in [0.1, 0.15) is 5.69 Å². The largest absolute Gasteiger partial charge is 0.493 e. The first-order valence-corrected chi connectivity index (χ1v) is 6.80. The Labute approximate surface area is 113 Å². The first kappa shape index (κ1) is 12.1. The number of ether oxygens (including phenoxy) is 1. The van der Waals surface area contributed by atoms with Gasteiger partial charge in [0, 0.05) is 24.3 Å². The van der Waals surface area contributed by atoms with Crippen molar-refractivity contribution in [3.05, 3.63) is 30.0 Å². The Balaban J connectivity index is 2.09. The summed E-state index contributed by atoms with van der Waals surface area (Å²) < 4.78 is 7.40. The molecule has 2 aromatic rings. The van der Waals surface area contributed by atoms with E-state index < -0.39 is 0 Å². The molecule has 100 valence electrons. The number of nitrogens with zero attached hydrogens (tertiary/aromatic N) is 2. The maximum Gasteiger partial charge on any atom is 0.164 e. The van der Waals surface area contributed by atoms with Gasteiger partial charge in [0.05, 0.1) is 13.3 Å². The predicted octanol–water partition coefficient (Wildman–Crippen LogP) is 2.94. The Morgan fingerprint density at radius 1 is 1.42 bits per heavy atom. The fourth-order valence-corrected chi connectivity index (χ4v) is 2.66. The van der Waals surface area contributed by atoms with Gasteiger partial charge in [0.15, 0.2) is 5.75 Å². The molecule has 0 amide bonds. The zero-order chi connectivity index (χ0) is 13.2. The van der Waals surface area contributed by atoms with Crippen LogP contribution >= 0.6 is 0 Å². The average Bonchev–Trinajstić information content (AvgIpc) is 2.89. The molecule has 3 rings (SSSR count). The predicted molar refractivity (Wildman–Crippen MR) is 76.7 cm³/mol. The number of aromatic nitrogens is 2. The minimum atomic E-state index is 0.831. The molecular formula is C15H19N3O. The molecule has 1 aromatic heterocycles. The minimum Gasteiger partial charge on any atom is -0.493 e. The summed E-state index contributed by atoms with van der Waals surface area (Å²) in [6, 6.07) is 6.58. The number of hydrogen-bond donors (Lipinski definition) is 1. The number of anilines is 1. The number of hydrogen-bond acceptors (Lipinski definition) is 3. The maximum atomic E-state index is 5.42. The van der Waals surface area contributed by atoms with Gasteiger partial charge in [0.2, 0.25) is 0 Å². The molecule has 1 aromatic carbocycles. The van der Waals surface area contributed by atoms with Crippen molar-refractivity contribution in [1.29, 1.82) is 0 Å². The van der Waals surface area contributed by atoms with E-state index in [1.807, 2.05) is 4.68 Å². The van der Waals surface area contributed by atoms with E-state index in [-0.39, 0.29) is 0 Å². The van der Waals surface area contributed by atoms with Crippen LogP contribution in [0, 0.1) is 0 Å². The summed E-state index contributed by atoms with van der Waals surface area (Å²) in [6.07, 6.45) is 4.15. The van der Waals surface area contributed by atoms with Crippen molar-refractivity contribution in [3.63, 3.8) is 0 Å². The molecule has 0 aliphatic carbocycles. The number of fused-ring (bicyclic) bond motifs is 1. The van der Waals surface area contributed by atoms with Crippen molar-refractivity contribution in [2.24, 2.45) is 0 Å². The van der Waals surface area contributed by atoms with E-state index in [2.05, 4.69) is 35.5 Å². The quantitative estimate of drug-likeness (QED) is 0.919. The third kappa shape index (κ3) is 2.07. The first-order chi connectivity index (χ1) is 9.33. The number of benzene rings is 1. The zero-order valence-corrected chi connectivity index (χ0v) is 11.4. The molecule has 0 bridgehead atoms. The molecule has 0 radical (unpaired) electrons. The van der Waals surface area contributed by atoms with Crippen LogP contribution in [0.5, 0.6) is 5.75 Å². The van der Waals surface area contributed by atoms with Gasteiger partial charge in [-0.25, -0.2) is 0 Å². The third-order valence-electron chi connectivity index (χ3n) is 3.65. The van der Waals surface area contributed by atoms with Gasteiger partial charge in [-0.05, 0) is 31.4 Å². The van der Waals surface area contributed by atoms with Gasteiger partial charge >= 0.3 is 0 Å². The van der Waals surface area contributed by atoms with Gasteiger partial charge in [-0.2, -0.15) is 5.10 Å². The molecule has 4 heteroatoms. The highest BCUT2D eigenvalue weighted by atomic mass is 16.5. The molecule has 0 unspecified atom stereocenters. The lowest BCUT2D eigenvalue weighted by atomic mass is 10.00. The summed E-state index contributed by atoms with van der Waals surface area (Å²) in [4.78, 5) is 0. The van der Waals surface area contributed by atoms with Gasteiger partial charge in [-0.15, -0.1) is 0 Å². The highest BCUT2D eigenvalue weighted by Gasteiger charge is 2.15. The van der Waals surface area contributed by atoms with Crippen LogP contribution in [0.2, 0.25) is 0 Å². The first-order valence-electron chi connectivity index (χ1n) is 6.80. The van der Waals surface area contributed by atoms with Crippen molar-refractivity contribution < 1.29 is 4.74 Å². The van der Waals surface area contributed by atoms with Crippen molar-refractivity contribution >= 4 is 5.69 Å². The Bertz CT molecular complexity index is 568. The van der Waals surface area contributed by atoms with Crippen LogP contribution in [0.15, 0.2) is 24.4 Å². The molecule has 0 spiro atoms. The van der Waals surface area contributed by atoms with E-state index in [4.69, 9.17) is 4.74 Å². The summed E-state index contributed by atoms with van der Waals surface area (Å²) in [5.74, 6) is 0.831. The Kier molecular flexibility index (Phi) is 3.15. The lowest BCUT2D eigenvalue weighted by Gasteiger charge is -2.19. The molecular weight excluding hydrogens is 238 g/mol. The molecule has 4 nitrogen and oxygen atoms in total. The number of aryl methyl sites for hydroxylation is 2. The van der Waals surface area contributed by atoms with E-state index in [0.29, 0.717) is 0 Å². The summed E-state index contributed by atoms with van der Waals surface area (Å²) in [5, 5.41) is 7.83. The SMILES string of the molecule is CCn1ncc(OC)c1-c1ccc2c(c1)NCCC2. The van der Waals surface area contributed by atoms with Gasteiger partial charge < -0.3 is 10.1 Å². The van der Waals surface area contributed by atoms with Gasteiger partial charge in [0.25, 0.3) is 0 Å². The average molecular weight is 257 g/mol. The van der Waals surface area contributed by atoms with E-state index in [1.165, 1.54) is 17.7 Å². The van der Waals surface area contributed by atoms with Crippen LogP contribution < -0.4 is 10.1 Å². The molecule has 0 saturated carbocycles. The fourth-order valence-electron chi connectivity index (χ4n) is 2.66. The van der Waals surface area contributed by atoms with Crippen molar-refractivity contribution in [2.45, 2.75) is 26.3 Å². The third-order valence-corrected chi connectivity index (χ3v) is 3.65. The van der Waals surface area contributed by atoms with Crippen molar-refractivity contribution in [2.75, 3.05) is 19.0 Å². The zero-order valence-electron chi connectivity index (χ0n) is 11.4. The second kappa shape index (κ2) is 4.96. The molecule has 0 atom stereocenters. The van der Waals surface area contributed by atoms with Crippen molar-refractivity contribution in [3.8, 4) is 17.0 Å². The minimum absolute atomic E-state index is 0.831. The number of methoxy groups -OCH3 is 1. The van der Waals surface area contributed by atoms with Gasteiger partial charge in [-0.3, -0.25) is 4.68 Å². The van der Waals surface area contributed by atoms with Crippen molar-refractivity contribution in [1.82, 2.24) is 9.78 Å². The highest BCUT2D eigenvalue weighted by molar-refractivity contribution is 5.72. The molecule has 1 aliphatic rings. The molecule has 19 heavy (non-hydrogen) atoms. The lowest BCUT2D eigenvalue weighted by molar-refractivity contribution is 0.416. The number of nitrogens with one attached hydrogen (secondary N) is 1. The van der Waals surface area contributed by atoms with Crippen LogP contribution in [0.25, 0.3) is 11.3 Å². The van der Waals surface area contributed by atoms with E-state index >= 15 is 0 Å². The van der Waals surface area contributed by atoms with Crippen LogP contribution in [0.1, 0.15) is 18.9 Å². The highest BCUT2D eigenvalue weighted by Crippen LogP contribution is 2.33. The Morgan fingerprint density at radius 2 is 2.32 bits per heavy atom. The molecule has 1 aliphatic heterocycles. The summed E-state index contributed by atoms with van der Waals surface area (Å²) in [5.41, 5.74) is 4.86. The second-order valence-corrected chi connectivity index (χ2v) is 4.78. The number of rotatable bonds is 3. The van der Waals surface area contributed by atoms with E-state index in [0.717, 1.165) is 36.5 Å². The summed E-state index contributed by atoms with van der Waals surface area (Å²) >= 11 is 0. The maximum absolute atomic E-state index is 5.42. The molecule has 2 heterocycles. The molecule has 0 fully saturated rings. The topological polar surface area (TPSA) is 39.1 Å². The summed E-state index contributed by atoms with van der Waals surface area (Å²) in [7, 11) is 1.69. The Morgan fingerprint density at radius 3 is 3.11 bits per heavy atom. The summed E-state index contributed by atoms with van der Waals surface area (Å²) in [6.45, 7) is 3.98. The lowest BCUT2D eigenvalue weighted by Crippen LogP contribution is -2.11. The Hall–Kier alpha value is -1.97. The monoisotopic (exact) mass is 257 g/mol. The second-order valence-electron chi connectivity index (χ2n) is 4.78. The van der Waals surface area contributed by atoms with E-state index in [1.54, 1.807) is 13.3 Å². The smallest absolute Gasteiger partial charge is 0.164 e. The van der Waals surface area contributed by atoms with Crippen LogP contribution in [-0.4, -0.2) is 23.4 Å². The molecule has 1 N–H and O–H groups in total. The fraction of sp³-hybridized carbons (Fsp3) is 0.400. The molecule has 0 saturated heterocycles. The van der Waals surface area contributed by atoms with Gasteiger partial charge in [-0.1, -0.05) is 12.1 Å². The normalized spacial score (nSPS) is 13.8. The van der Waals surface area contributed by atoms with Crippen LogP contribution in [0.4, 0.5) is 5.69 Å². The van der Waals surface area contributed by atoms with Crippen LogP contribution in [-0.2, 0) is 13.0 Å². The standard InChI is InChI=1S/C15H19N3O/c1-3-18-15(14(19-2)10-17-18)12-7-6-11-5-4-8-16-13(11)9-12/h6-7,9-10,16H,3-5,8H2,1-2H3. The van der Waals surface area contributed by atoms with E-state index in [9.17, 15) is 0 Å².